The van der Waals surface area contributed by atoms with Gasteiger partial charge >= 0.3 is 0 Å². The molecule has 0 aromatic rings. The molecule has 0 saturated carbocycles. The van der Waals surface area contributed by atoms with Crippen molar-refractivity contribution in [3.05, 3.63) is 36.3 Å². The Bertz CT molecular complexity index is 331. The molecule has 3 heteroatoms. The van der Waals surface area contributed by atoms with Crippen molar-refractivity contribution < 1.29 is 4.42 Å². The van der Waals surface area contributed by atoms with Crippen LogP contribution in [0.5, 0.6) is 0 Å². The Morgan fingerprint density at radius 1 is 1.25 bits per heavy atom. The van der Waals surface area contributed by atoms with Gasteiger partial charge in [0.15, 0.2) is 0 Å². The van der Waals surface area contributed by atoms with E-state index in [1.165, 1.54) is 5.56 Å². The third-order valence-electron chi connectivity index (χ3n) is 1.79. The van der Waals surface area contributed by atoms with Gasteiger partial charge in [-0.1, -0.05) is 18.2 Å². The summed E-state index contributed by atoms with van der Waals surface area (Å²) in [5.41, 5.74) is 7.79. The average molecular weight is 184 g/mol. The number of nitrogens with two attached hydrogens (primary N) is 1. The zero-order valence-electron chi connectivity index (χ0n) is 6.49. The second-order valence-corrected chi connectivity index (χ2v) is 2.44. The molecule has 0 bridgehead atoms. The smallest absolute Gasteiger partial charge is 0.125 e. The second kappa shape index (κ2) is 3.61. The lowest BCUT2D eigenvalue weighted by molar-refractivity contribution is 0.497. The van der Waals surface area contributed by atoms with E-state index < -0.39 is 0 Å². The van der Waals surface area contributed by atoms with Crippen LogP contribution in [0, 0.1) is 0 Å². The van der Waals surface area contributed by atoms with Gasteiger partial charge in [0.25, 0.3) is 0 Å². The summed E-state index contributed by atoms with van der Waals surface area (Å²) in [6.45, 7) is 0.460. The minimum absolute atomic E-state index is 0. The first-order valence-corrected chi connectivity index (χ1v) is 3.57. The van der Waals surface area contributed by atoms with Gasteiger partial charge in [-0.05, 0) is 11.6 Å². The highest BCUT2D eigenvalue weighted by atomic mass is 35.5. The summed E-state index contributed by atoms with van der Waals surface area (Å²) < 4.78 is 5.22. The molecular weight excluding hydrogens is 174 g/mol. The first-order valence-electron chi connectivity index (χ1n) is 3.57. The number of halogens is 1. The number of hydrogen-bond donors (Lipinski definition) is 1. The predicted molar refractivity (Wildman–Crippen MR) is 50.5 cm³/mol. The first kappa shape index (κ1) is 9.10. The van der Waals surface area contributed by atoms with E-state index in [-0.39, 0.29) is 12.4 Å². The Kier molecular flexibility index (Phi) is 2.74. The van der Waals surface area contributed by atoms with Gasteiger partial charge in [0.1, 0.15) is 5.76 Å². The maximum absolute atomic E-state index is 5.48. The van der Waals surface area contributed by atoms with Gasteiger partial charge in [-0.15, -0.1) is 12.4 Å². The largest absolute Gasteiger partial charge is 0.467 e. The molecule has 2 nitrogen and oxygen atoms in total. The lowest BCUT2D eigenvalue weighted by Gasteiger charge is -2.02. The molecule has 64 valence electrons. The van der Waals surface area contributed by atoms with E-state index in [4.69, 9.17) is 10.2 Å². The van der Waals surface area contributed by atoms with Crippen molar-refractivity contribution in [1.29, 1.82) is 0 Å². The number of rotatable bonds is 1. The molecule has 0 unspecified atom stereocenters. The third kappa shape index (κ3) is 1.31. The Labute approximate surface area is 77.1 Å². The molecule has 0 amide bonds. The third-order valence-corrected chi connectivity index (χ3v) is 1.79. The van der Waals surface area contributed by atoms with Crippen LogP contribution in [0.1, 0.15) is 5.76 Å². The molecule has 0 spiro atoms. The minimum Gasteiger partial charge on any atom is -0.467 e. The summed E-state index contributed by atoms with van der Waals surface area (Å²) in [6, 6.07) is 8.00. The van der Waals surface area contributed by atoms with Crippen molar-refractivity contribution in [2.75, 3.05) is 0 Å². The Morgan fingerprint density at radius 3 is 2.83 bits per heavy atom. The lowest BCUT2D eigenvalue weighted by Crippen LogP contribution is -1.97. The average Bonchev–Trinajstić information content (AvgIpc) is 2.50. The minimum atomic E-state index is 0. The van der Waals surface area contributed by atoms with Crippen LogP contribution >= 0.6 is 12.4 Å². The molecule has 2 rings (SSSR count). The molecule has 1 heterocycles. The SMILES string of the molecule is Cl.NCc1occc2cccc1-2. The molecule has 0 saturated heterocycles. The quantitative estimate of drug-likeness (QED) is 0.737. The standard InChI is InChI=1S/C9H9NO.ClH/c10-6-9-8-3-1-2-7(8)4-5-11-9;/h1-5H,6,10H2;1H. The van der Waals surface area contributed by atoms with Crippen LogP contribution in [0.15, 0.2) is 34.9 Å². The molecule has 1 aliphatic heterocycles. The van der Waals surface area contributed by atoms with Crippen molar-refractivity contribution in [3.63, 3.8) is 0 Å². The van der Waals surface area contributed by atoms with Crippen molar-refractivity contribution in [3.8, 4) is 11.1 Å². The van der Waals surface area contributed by atoms with E-state index in [1.54, 1.807) is 6.26 Å². The molecule has 1 aliphatic carbocycles. The van der Waals surface area contributed by atoms with Crippen LogP contribution in [0.3, 0.4) is 0 Å². The van der Waals surface area contributed by atoms with Gasteiger partial charge in [-0.3, -0.25) is 0 Å². The Morgan fingerprint density at radius 2 is 2.08 bits per heavy atom. The molecule has 12 heavy (non-hydrogen) atoms. The van der Waals surface area contributed by atoms with Gasteiger partial charge in [-0.2, -0.15) is 0 Å². The molecular formula is C9H10ClNO. The van der Waals surface area contributed by atoms with E-state index in [0.717, 1.165) is 11.3 Å². The first-order chi connectivity index (χ1) is 5.42. The number of hydrogen-bond acceptors (Lipinski definition) is 2. The van der Waals surface area contributed by atoms with Crippen LogP contribution in [0.4, 0.5) is 0 Å². The fourth-order valence-corrected chi connectivity index (χ4v) is 1.24. The fourth-order valence-electron chi connectivity index (χ4n) is 1.24. The van der Waals surface area contributed by atoms with Gasteiger partial charge in [0.2, 0.25) is 0 Å². The van der Waals surface area contributed by atoms with Gasteiger partial charge in [-0.25, -0.2) is 0 Å². The normalized spacial score (nSPS) is 9.75. The zero-order valence-corrected chi connectivity index (χ0v) is 7.30. The second-order valence-electron chi connectivity index (χ2n) is 2.44. The monoisotopic (exact) mass is 183 g/mol. The van der Waals surface area contributed by atoms with Crippen LogP contribution in [-0.4, -0.2) is 0 Å². The van der Waals surface area contributed by atoms with Crippen LogP contribution in [0.25, 0.3) is 11.1 Å². The maximum atomic E-state index is 5.48. The molecule has 2 N–H and O–H groups in total. The molecule has 0 radical (unpaired) electrons. The van der Waals surface area contributed by atoms with Gasteiger partial charge in [0.05, 0.1) is 12.8 Å². The summed E-state index contributed by atoms with van der Waals surface area (Å²) in [5, 5.41) is 0. The predicted octanol–water partition coefficient (Wildman–Crippen LogP) is 2.26. The highest BCUT2D eigenvalue weighted by Gasteiger charge is 2.06. The lowest BCUT2D eigenvalue weighted by atomic mass is 10.1. The summed E-state index contributed by atoms with van der Waals surface area (Å²) in [6.07, 6.45) is 1.67. The summed E-state index contributed by atoms with van der Waals surface area (Å²) in [4.78, 5) is 0. The molecule has 0 atom stereocenters. The van der Waals surface area contributed by atoms with Crippen molar-refractivity contribution in [2.24, 2.45) is 5.73 Å². The highest BCUT2D eigenvalue weighted by Crippen LogP contribution is 2.25. The van der Waals surface area contributed by atoms with Crippen molar-refractivity contribution in [2.45, 2.75) is 6.54 Å². The van der Waals surface area contributed by atoms with E-state index in [9.17, 15) is 0 Å². The molecule has 0 aromatic carbocycles. The van der Waals surface area contributed by atoms with Crippen LogP contribution < -0.4 is 5.73 Å². The van der Waals surface area contributed by atoms with E-state index in [0.29, 0.717) is 6.54 Å². The zero-order chi connectivity index (χ0) is 7.68. The van der Waals surface area contributed by atoms with E-state index in [2.05, 4.69) is 0 Å². The molecule has 0 fully saturated rings. The molecule has 0 aromatic heterocycles. The summed E-state index contributed by atoms with van der Waals surface area (Å²) >= 11 is 0. The van der Waals surface area contributed by atoms with Crippen LogP contribution in [-0.2, 0) is 6.54 Å². The summed E-state index contributed by atoms with van der Waals surface area (Å²) in [5.74, 6) is 0.854. The Hall–Kier alpha value is -0.990. The van der Waals surface area contributed by atoms with Gasteiger partial charge < -0.3 is 10.2 Å². The Balaban J connectivity index is 0.000000720. The maximum Gasteiger partial charge on any atom is 0.125 e. The topological polar surface area (TPSA) is 39.2 Å². The fraction of sp³-hybridized carbons (Fsp3) is 0.111. The molecule has 2 aliphatic rings. The van der Waals surface area contributed by atoms with Crippen LogP contribution in [0.2, 0.25) is 0 Å². The van der Waals surface area contributed by atoms with E-state index >= 15 is 0 Å². The van der Waals surface area contributed by atoms with Crippen molar-refractivity contribution in [1.82, 2.24) is 0 Å². The van der Waals surface area contributed by atoms with E-state index in [1.807, 2.05) is 24.3 Å². The summed E-state index contributed by atoms with van der Waals surface area (Å²) in [7, 11) is 0. The van der Waals surface area contributed by atoms with Crippen molar-refractivity contribution >= 4 is 12.4 Å². The highest BCUT2D eigenvalue weighted by molar-refractivity contribution is 5.85. The van der Waals surface area contributed by atoms with Gasteiger partial charge in [0, 0.05) is 5.56 Å². The number of fused-ring (bicyclic) bond motifs is 1.